The summed E-state index contributed by atoms with van der Waals surface area (Å²) in [5.74, 6) is 0.424. The van der Waals surface area contributed by atoms with Crippen LogP contribution in [0.1, 0.15) is 31.2 Å². The van der Waals surface area contributed by atoms with E-state index in [1.165, 1.54) is 6.07 Å². The van der Waals surface area contributed by atoms with Crippen molar-refractivity contribution in [2.45, 2.75) is 26.7 Å². The first kappa shape index (κ1) is 14.4. The van der Waals surface area contributed by atoms with Gasteiger partial charge in [0, 0.05) is 21.5 Å². The second-order valence-corrected chi connectivity index (χ2v) is 5.90. The number of halogens is 3. The molecule has 0 atom stereocenters. The van der Waals surface area contributed by atoms with Crippen molar-refractivity contribution in [2.24, 2.45) is 0 Å². The number of benzene rings is 1. The standard InChI is InChI=1S/C14H13BrClFN2/c1-7(2)14-18-12(8(3)13(16)19-14)10-6-9(15)4-5-11(10)17/h4-7H,1-3H3. The third-order valence-electron chi connectivity index (χ3n) is 2.80. The Kier molecular flexibility index (Phi) is 4.21. The molecular weight excluding hydrogens is 331 g/mol. The normalized spacial score (nSPS) is 11.1. The summed E-state index contributed by atoms with van der Waals surface area (Å²) in [7, 11) is 0. The Labute approximate surface area is 125 Å². The molecule has 0 aliphatic rings. The number of aromatic nitrogens is 2. The first-order valence-electron chi connectivity index (χ1n) is 5.89. The van der Waals surface area contributed by atoms with Crippen LogP contribution in [0.5, 0.6) is 0 Å². The molecule has 0 aliphatic heterocycles. The summed E-state index contributed by atoms with van der Waals surface area (Å²) in [6.07, 6.45) is 0. The van der Waals surface area contributed by atoms with E-state index in [2.05, 4.69) is 25.9 Å². The number of hydrogen-bond acceptors (Lipinski definition) is 2. The topological polar surface area (TPSA) is 25.8 Å². The minimum absolute atomic E-state index is 0.132. The molecule has 1 aromatic heterocycles. The van der Waals surface area contributed by atoms with Gasteiger partial charge in [0.05, 0.1) is 5.69 Å². The van der Waals surface area contributed by atoms with Gasteiger partial charge < -0.3 is 0 Å². The zero-order valence-corrected chi connectivity index (χ0v) is 13.2. The smallest absolute Gasteiger partial charge is 0.136 e. The van der Waals surface area contributed by atoms with Gasteiger partial charge >= 0.3 is 0 Å². The Hall–Kier alpha value is -1.00. The van der Waals surface area contributed by atoms with E-state index >= 15 is 0 Å². The average Bonchev–Trinajstić information content (AvgIpc) is 2.35. The molecule has 0 saturated carbocycles. The summed E-state index contributed by atoms with van der Waals surface area (Å²) < 4.78 is 14.8. The Morgan fingerprint density at radius 3 is 2.58 bits per heavy atom. The summed E-state index contributed by atoms with van der Waals surface area (Å²) in [4.78, 5) is 8.68. The van der Waals surface area contributed by atoms with E-state index in [4.69, 9.17) is 11.6 Å². The van der Waals surface area contributed by atoms with Crippen LogP contribution in [0.2, 0.25) is 5.15 Å². The summed E-state index contributed by atoms with van der Waals surface area (Å²) in [5, 5.41) is 0.369. The molecule has 0 fully saturated rings. The van der Waals surface area contributed by atoms with E-state index in [0.717, 1.165) is 4.47 Å². The van der Waals surface area contributed by atoms with Gasteiger partial charge in [0.15, 0.2) is 0 Å². The predicted octanol–water partition coefficient (Wildman–Crippen LogP) is 5.13. The molecule has 0 unspecified atom stereocenters. The van der Waals surface area contributed by atoms with Crippen LogP contribution >= 0.6 is 27.5 Å². The van der Waals surface area contributed by atoms with Crippen molar-refractivity contribution in [3.63, 3.8) is 0 Å². The van der Waals surface area contributed by atoms with E-state index in [1.54, 1.807) is 19.1 Å². The maximum atomic E-state index is 14.0. The molecule has 5 heteroatoms. The SMILES string of the molecule is Cc1c(Cl)nc(C(C)C)nc1-c1cc(Br)ccc1F. The van der Waals surface area contributed by atoms with Gasteiger partial charge in [-0.15, -0.1) is 0 Å². The monoisotopic (exact) mass is 342 g/mol. The van der Waals surface area contributed by atoms with E-state index in [1.807, 2.05) is 13.8 Å². The van der Waals surface area contributed by atoms with Gasteiger partial charge in [-0.25, -0.2) is 14.4 Å². The summed E-state index contributed by atoms with van der Waals surface area (Å²) in [6, 6.07) is 4.76. The molecule has 2 aromatic rings. The van der Waals surface area contributed by atoms with Gasteiger partial charge in [0.2, 0.25) is 0 Å². The van der Waals surface area contributed by atoms with Crippen molar-refractivity contribution in [3.05, 3.63) is 45.0 Å². The molecule has 2 rings (SSSR count). The van der Waals surface area contributed by atoms with Crippen LogP contribution in [-0.2, 0) is 0 Å². The van der Waals surface area contributed by atoms with E-state index in [0.29, 0.717) is 27.8 Å². The Morgan fingerprint density at radius 2 is 1.95 bits per heavy atom. The molecule has 0 amide bonds. The Bertz CT molecular complexity index is 629. The molecule has 0 spiro atoms. The van der Waals surface area contributed by atoms with Gasteiger partial charge in [0.1, 0.15) is 16.8 Å². The quantitative estimate of drug-likeness (QED) is 0.706. The zero-order chi connectivity index (χ0) is 14.2. The van der Waals surface area contributed by atoms with E-state index < -0.39 is 0 Å². The molecule has 1 aromatic carbocycles. The van der Waals surface area contributed by atoms with Crippen molar-refractivity contribution in [3.8, 4) is 11.3 Å². The highest BCUT2D eigenvalue weighted by Gasteiger charge is 2.16. The van der Waals surface area contributed by atoms with Crippen LogP contribution in [0.15, 0.2) is 22.7 Å². The number of rotatable bonds is 2. The van der Waals surface area contributed by atoms with E-state index in [-0.39, 0.29) is 11.7 Å². The first-order valence-corrected chi connectivity index (χ1v) is 7.06. The lowest BCUT2D eigenvalue weighted by Gasteiger charge is -2.12. The van der Waals surface area contributed by atoms with Gasteiger partial charge in [-0.1, -0.05) is 41.4 Å². The second kappa shape index (κ2) is 5.55. The third-order valence-corrected chi connectivity index (χ3v) is 3.66. The highest BCUT2D eigenvalue weighted by Crippen LogP contribution is 2.31. The molecule has 1 heterocycles. The minimum atomic E-state index is -0.323. The van der Waals surface area contributed by atoms with Crippen LogP contribution in [0.3, 0.4) is 0 Å². The molecule has 0 saturated heterocycles. The van der Waals surface area contributed by atoms with Crippen molar-refractivity contribution < 1.29 is 4.39 Å². The van der Waals surface area contributed by atoms with Crippen LogP contribution in [-0.4, -0.2) is 9.97 Å². The highest BCUT2D eigenvalue weighted by atomic mass is 79.9. The maximum Gasteiger partial charge on any atom is 0.136 e. The van der Waals surface area contributed by atoms with Gasteiger partial charge in [-0.05, 0) is 25.1 Å². The fourth-order valence-corrected chi connectivity index (χ4v) is 2.24. The van der Waals surface area contributed by atoms with E-state index in [9.17, 15) is 4.39 Å². The number of hydrogen-bond donors (Lipinski definition) is 0. The van der Waals surface area contributed by atoms with Gasteiger partial charge in [-0.3, -0.25) is 0 Å². The van der Waals surface area contributed by atoms with Crippen molar-refractivity contribution in [2.75, 3.05) is 0 Å². The third kappa shape index (κ3) is 2.95. The molecule has 0 radical (unpaired) electrons. The van der Waals surface area contributed by atoms with Crippen LogP contribution < -0.4 is 0 Å². The fraction of sp³-hybridized carbons (Fsp3) is 0.286. The summed E-state index contributed by atoms with van der Waals surface area (Å²) >= 11 is 9.46. The highest BCUT2D eigenvalue weighted by molar-refractivity contribution is 9.10. The second-order valence-electron chi connectivity index (χ2n) is 4.63. The average molecular weight is 344 g/mol. The molecular formula is C14H13BrClFN2. The predicted molar refractivity (Wildman–Crippen MR) is 79.0 cm³/mol. The molecule has 2 nitrogen and oxygen atoms in total. The zero-order valence-electron chi connectivity index (χ0n) is 10.8. The number of nitrogens with zero attached hydrogens (tertiary/aromatic N) is 2. The fourth-order valence-electron chi connectivity index (χ4n) is 1.70. The molecule has 100 valence electrons. The van der Waals surface area contributed by atoms with Crippen LogP contribution in [0, 0.1) is 12.7 Å². The Balaban J connectivity index is 2.70. The largest absolute Gasteiger partial charge is 0.232 e. The lowest BCUT2D eigenvalue weighted by Crippen LogP contribution is -2.03. The van der Waals surface area contributed by atoms with Crippen molar-refractivity contribution >= 4 is 27.5 Å². The first-order chi connectivity index (χ1) is 8.90. The lowest BCUT2D eigenvalue weighted by molar-refractivity contribution is 0.629. The summed E-state index contributed by atoms with van der Waals surface area (Å²) in [5.41, 5.74) is 1.66. The van der Waals surface area contributed by atoms with Gasteiger partial charge in [-0.2, -0.15) is 0 Å². The maximum absolute atomic E-state index is 14.0. The lowest BCUT2D eigenvalue weighted by atomic mass is 10.1. The van der Waals surface area contributed by atoms with Crippen molar-refractivity contribution in [1.82, 2.24) is 9.97 Å². The summed E-state index contributed by atoms with van der Waals surface area (Å²) in [6.45, 7) is 5.74. The van der Waals surface area contributed by atoms with Crippen LogP contribution in [0.25, 0.3) is 11.3 Å². The Morgan fingerprint density at radius 1 is 1.26 bits per heavy atom. The van der Waals surface area contributed by atoms with Crippen LogP contribution in [0.4, 0.5) is 4.39 Å². The molecule has 19 heavy (non-hydrogen) atoms. The molecule has 0 N–H and O–H groups in total. The minimum Gasteiger partial charge on any atom is -0.232 e. The van der Waals surface area contributed by atoms with Gasteiger partial charge in [0.25, 0.3) is 0 Å². The molecule has 0 bridgehead atoms. The van der Waals surface area contributed by atoms with Crippen molar-refractivity contribution in [1.29, 1.82) is 0 Å². The molecule has 0 aliphatic carbocycles.